The van der Waals surface area contributed by atoms with Crippen LogP contribution in [-0.2, 0) is 9.53 Å². The van der Waals surface area contributed by atoms with Gasteiger partial charge in [-0.3, -0.25) is 9.59 Å². The van der Waals surface area contributed by atoms with Crippen molar-refractivity contribution in [3.05, 3.63) is 78.4 Å². The predicted molar refractivity (Wildman–Crippen MR) is 92.1 cm³/mol. The topological polar surface area (TPSA) is 84.9 Å². The fraction of sp³-hybridized carbons (Fsp3) is 0.158. The van der Waals surface area contributed by atoms with Crippen molar-refractivity contribution in [2.24, 2.45) is 0 Å². The minimum Gasteiger partial charge on any atom is -0.441 e. The lowest BCUT2D eigenvalue weighted by Gasteiger charge is -2.14. The summed E-state index contributed by atoms with van der Waals surface area (Å²) < 4.78 is 10.2. The fourth-order valence-corrected chi connectivity index (χ4v) is 2.00. The smallest absolute Gasteiger partial charge is 0.313 e. The van der Waals surface area contributed by atoms with Gasteiger partial charge in [-0.1, -0.05) is 36.9 Å². The van der Waals surface area contributed by atoms with Crippen LogP contribution in [0.3, 0.4) is 0 Å². The molecule has 0 aromatic heterocycles. The van der Waals surface area contributed by atoms with Crippen LogP contribution in [0.15, 0.2) is 67.3 Å². The maximum absolute atomic E-state index is 12.3. The number of carbonyl (C=O) groups is 2. The Morgan fingerprint density at radius 3 is 2.36 bits per heavy atom. The van der Waals surface area contributed by atoms with Gasteiger partial charge in [0.25, 0.3) is 0 Å². The van der Waals surface area contributed by atoms with Crippen LogP contribution in [0, 0.1) is 0 Å². The first-order chi connectivity index (χ1) is 12.1. The molecule has 1 unspecified atom stereocenters. The second-order valence-corrected chi connectivity index (χ2v) is 5.01. The summed E-state index contributed by atoms with van der Waals surface area (Å²) >= 11 is 0. The first kappa shape index (κ1) is 18.4. The average Bonchev–Trinajstić information content (AvgIpc) is 2.65. The molecule has 0 heterocycles. The van der Waals surface area contributed by atoms with Gasteiger partial charge in [-0.25, -0.2) is 0 Å². The number of ketones is 1. The Balaban J connectivity index is 1.82. The largest absolute Gasteiger partial charge is 0.441 e. The molecule has 6 heteroatoms. The van der Waals surface area contributed by atoms with Crippen LogP contribution in [0.5, 0.6) is 5.75 Å². The summed E-state index contributed by atoms with van der Waals surface area (Å²) in [5.41, 5.74) is 1.11. The van der Waals surface area contributed by atoms with Crippen LogP contribution in [0.4, 0.5) is 0 Å². The lowest BCUT2D eigenvalue weighted by atomic mass is 10.0. The van der Waals surface area contributed by atoms with Crippen LogP contribution in [-0.4, -0.2) is 36.4 Å². The molecular formula is C19H19NO5. The molecular weight excluding hydrogens is 322 g/mol. The van der Waals surface area contributed by atoms with Crippen molar-refractivity contribution in [2.75, 3.05) is 13.2 Å². The monoisotopic (exact) mass is 341 g/mol. The molecule has 2 rings (SSSR count). The van der Waals surface area contributed by atoms with Gasteiger partial charge in [0.2, 0.25) is 5.91 Å². The Kier molecular flexibility index (Phi) is 6.88. The lowest BCUT2D eigenvalue weighted by molar-refractivity contribution is -0.215. The highest BCUT2D eigenvalue weighted by Gasteiger charge is 2.10. The van der Waals surface area contributed by atoms with E-state index in [0.29, 0.717) is 16.9 Å². The number of carbonyl (C=O) groups excluding carboxylic acids is 2. The number of rotatable bonds is 9. The van der Waals surface area contributed by atoms with Crippen molar-refractivity contribution in [1.29, 1.82) is 0 Å². The average molecular weight is 341 g/mol. The molecule has 0 aliphatic carbocycles. The van der Waals surface area contributed by atoms with Gasteiger partial charge >= 0.3 is 6.48 Å². The summed E-state index contributed by atoms with van der Waals surface area (Å²) in [7, 11) is 0. The highest BCUT2D eigenvalue weighted by molar-refractivity contribution is 6.08. The van der Waals surface area contributed by atoms with Crippen LogP contribution < -0.4 is 10.1 Å². The second kappa shape index (κ2) is 9.36. The second-order valence-electron chi connectivity index (χ2n) is 5.01. The molecule has 0 radical (unpaired) electrons. The Bertz CT molecular complexity index is 712. The minimum atomic E-state index is -1.48. The van der Waals surface area contributed by atoms with Crippen molar-refractivity contribution in [3.63, 3.8) is 0 Å². The number of aliphatic hydroxyl groups excluding tert-OH is 1. The zero-order chi connectivity index (χ0) is 18.1. The van der Waals surface area contributed by atoms with Crippen LogP contribution >= 0.6 is 0 Å². The van der Waals surface area contributed by atoms with Crippen molar-refractivity contribution in [3.8, 4) is 5.75 Å². The van der Waals surface area contributed by atoms with E-state index in [1.165, 1.54) is 0 Å². The molecule has 0 aliphatic rings. The van der Waals surface area contributed by atoms with E-state index in [1.54, 1.807) is 48.5 Å². The van der Waals surface area contributed by atoms with Gasteiger partial charge in [0, 0.05) is 17.7 Å². The number of hydrogen-bond acceptors (Lipinski definition) is 5. The zero-order valence-corrected chi connectivity index (χ0v) is 13.6. The molecule has 0 saturated carbocycles. The first-order valence-electron chi connectivity index (χ1n) is 7.66. The summed E-state index contributed by atoms with van der Waals surface area (Å²) in [5.74, 6) is -0.0631. The molecule has 0 fully saturated rings. The number of amides is 1. The number of aliphatic hydroxyl groups is 1. The molecule has 0 saturated heterocycles. The van der Waals surface area contributed by atoms with Gasteiger partial charge in [0.1, 0.15) is 5.75 Å². The highest BCUT2D eigenvalue weighted by atomic mass is 16.8. The lowest BCUT2D eigenvalue weighted by Crippen LogP contribution is -2.29. The van der Waals surface area contributed by atoms with Crippen molar-refractivity contribution >= 4 is 11.7 Å². The van der Waals surface area contributed by atoms with Crippen LogP contribution in [0.1, 0.15) is 15.9 Å². The van der Waals surface area contributed by atoms with Gasteiger partial charge in [0.05, 0.1) is 6.61 Å². The Morgan fingerprint density at radius 2 is 1.72 bits per heavy atom. The Morgan fingerprint density at radius 1 is 1.08 bits per heavy atom. The summed E-state index contributed by atoms with van der Waals surface area (Å²) in [6, 6.07) is 15.3. The van der Waals surface area contributed by atoms with Crippen molar-refractivity contribution < 1.29 is 24.2 Å². The zero-order valence-electron chi connectivity index (χ0n) is 13.6. The first-order valence-corrected chi connectivity index (χ1v) is 7.66. The summed E-state index contributed by atoms with van der Waals surface area (Å²) in [6.07, 6.45) is 1.14. The fourth-order valence-electron chi connectivity index (χ4n) is 2.00. The third-order valence-electron chi connectivity index (χ3n) is 3.24. The van der Waals surface area contributed by atoms with Gasteiger partial charge in [-0.2, -0.15) is 0 Å². The number of hydrogen-bond donors (Lipinski definition) is 2. The number of benzene rings is 2. The maximum Gasteiger partial charge on any atom is 0.313 e. The molecule has 25 heavy (non-hydrogen) atoms. The molecule has 1 amide bonds. The van der Waals surface area contributed by atoms with Gasteiger partial charge < -0.3 is 19.9 Å². The van der Waals surface area contributed by atoms with E-state index in [-0.39, 0.29) is 24.8 Å². The van der Waals surface area contributed by atoms with E-state index in [2.05, 4.69) is 11.9 Å². The van der Waals surface area contributed by atoms with E-state index < -0.39 is 6.48 Å². The van der Waals surface area contributed by atoms with Gasteiger partial charge in [-0.15, -0.1) is 0 Å². The van der Waals surface area contributed by atoms with E-state index >= 15 is 0 Å². The standard InChI is InChI=1S/C19H19NO5/c1-2-17(21)20-12-13-24-19(23)25-16-10-8-15(9-11-16)18(22)14-6-4-3-5-7-14/h2-11,19,23H,1,12-13H2,(H,20,21). The quantitative estimate of drug-likeness (QED) is 0.315. The highest BCUT2D eigenvalue weighted by Crippen LogP contribution is 2.16. The maximum atomic E-state index is 12.3. The Hall–Kier alpha value is -2.96. The molecule has 0 aliphatic heterocycles. The SMILES string of the molecule is C=CC(=O)NCCOC(O)Oc1ccc(C(=O)c2ccccc2)cc1. The van der Waals surface area contributed by atoms with Gasteiger partial charge in [-0.05, 0) is 30.3 Å². The van der Waals surface area contributed by atoms with Gasteiger partial charge in [0.15, 0.2) is 5.78 Å². The summed E-state index contributed by atoms with van der Waals surface area (Å²) in [4.78, 5) is 23.2. The summed E-state index contributed by atoms with van der Waals surface area (Å²) in [6.45, 7) is 2.14. The van der Waals surface area contributed by atoms with E-state index in [1.807, 2.05) is 6.07 Å². The molecule has 130 valence electrons. The number of ether oxygens (including phenoxy) is 2. The minimum absolute atomic E-state index is 0.0747. The van der Waals surface area contributed by atoms with Crippen molar-refractivity contribution in [1.82, 2.24) is 5.32 Å². The molecule has 0 bridgehead atoms. The van der Waals surface area contributed by atoms with Crippen LogP contribution in [0.2, 0.25) is 0 Å². The molecule has 6 nitrogen and oxygen atoms in total. The third-order valence-corrected chi connectivity index (χ3v) is 3.24. The number of nitrogens with one attached hydrogen (secondary N) is 1. The third kappa shape index (κ3) is 5.87. The molecule has 2 N–H and O–H groups in total. The van der Waals surface area contributed by atoms with E-state index in [0.717, 1.165) is 6.08 Å². The van der Waals surface area contributed by atoms with Crippen molar-refractivity contribution in [2.45, 2.75) is 6.48 Å². The van der Waals surface area contributed by atoms with Crippen LogP contribution in [0.25, 0.3) is 0 Å². The molecule has 2 aromatic rings. The molecule has 0 spiro atoms. The predicted octanol–water partition coefficient (Wildman–Crippen LogP) is 1.89. The summed E-state index contributed by atoms with van der Waals surface area (Å²) in [5, 5.41) is 12.1. The normalized spacial score (nSPS) is 11.4. The van der Waals surface area contributed by atoms with E-state index in [9.17, 15) is 14.7 Å². The molecule has 1 atom stereocenters. The van der Waals surface area contributed by atoms with E-state index in [4.69, 9.17) is 9.47 Å². The molecule has 2 aromatic carbocycles. The Labute approximate surface area is 145 Å².